The average Bonchev–Trinajstić information content (AvgIpc) is 3.10. The van der Waals surface area contributed by atoms with E-state index >= 15 is 0 Å². The summed E-state index contributed by atoms with van der Waals surface area (Å²) >= 11 is 6.36. The van der Waals surface area contributed by atoms with Gasteiger partial charge in [-0.2, -0.15) is 13.2 Å². The van der Waals surface area contributed by atoms with Crippen LogP contribution < -0.4 is 4.74 Å². The molecular formula is C20H14ClF3N2O. The molecule has 0 spiro atoms. The molecule has 1 atom stereocenters. The Bertz CT molecular complexity index is 996. The number of aromatic nitrogens is 2. The summed E-state index contributed by atoms with van der Waals surface area (Å²) in [4.78, 5) is 4.37. The van der Waals surface area contributed by atoms with Crippen LogP contribution >= 0.6 is 11.6 Å². The first-order valence-electron chi connectivity index (χ1n) is 8.22. The number of hydrogen-bond acceptors (Lipinski definition) is 2. The molecule has 4 rings (SSSR count). The van der Waals surface area contributed by atoms with Crippen LogP contribution in [0.15, 0.2) is 60.9 Å². The topological polar surface area (TPSA) is 27.1 Å². The summed E-state index contributed by atoms with van der Waals surface area (Å²) < 4.78 is 45.9. The smallest absolute Gasteiger partial charge is 0.429 e. The van der Waals surface area contributed by atoms with Gasteiger partial charge in [0.2, 0.25) is 6.10 Å². The zero-order chi connectivity index (χ0) is 19.0. The Morgan fingerprint density at radius 2 is 1.93 bits per heavy atom. The van der Waals surface area contributed by atoms with Gasteiger partial charge in [0.15, 0.2) is 0 Å². The van der Waals surface area contributed by atoms with E-state index in [1.807, 2.05) is 34.9 Å². The number of alkyl halides is 3. The fraction of sp³-hybridized carbons (Fsp3) is 0.150. The van der Waals surface area contributed by atoms with Crippen molar-refractivity contribution in [2.45, 2.75) is 18.8 Å². The van der Waals surface area contributed by atoms with Crippen LogP contribution in [-0.2, 0) is 6.54 Å². The summed E-state index contributed by atoms with van der Waals surface area (Å²) in [6.45, 7) is 0.361. The molecule has 1 unspecified atom stereocenters. The molecule has 1 aromatic heterocycles. The van der Waals surface area contributed by atoms with E-state index in [0.29, 0.717) is 22.7 Å². The second-order valence-electron chi connectivity index (χ2n) is 6.17. The van der Waals surface area contributed by atoms with Crippen molar-refractivity contribution in [3.8, 4) is 17.1 Å². The first-order valence-corrected chi connectivity index (χ1v) is 8.60. The van der Waals surface area contributed by atoms with Crippen LogP contribution in [0.4, 0.5) is 13.2 Å². The number of halogens is 4. The minimum Gasteiger partial charge on any atom is -0.476 e. The molecule has 27 heavy (non-hydrogen) atoms. The molecular weight excluding hydrogens is 377 g/mol. The molecule has 138 valence electrons. The SMILES string of the molecule is FC(F)(F)C1C=Cc2cc(Cl)c(Cn3ccnc3-c3ccccc3)cc2O1. The summed E-state index contributed by atoms with van der Waals surface area (Å²) in [7, 11) is 0. The van der Waals surface area contributed by atoms with Gasteiger partial charge in [0.05, 0.1) is 6.54 Å². The van der Waals surface area contributed by atoms with E-state index in [0.717, 1.165) is 17.5 Å². The lowest BCUT2D eigenvalue weighted by atomic mass is 10.1. The van der Waals surface area contributed by atoms with Gasteiger partial charge in [0.1, 0.15) is 11.6 Å². The number of rotatable bonds is 3. The van der Waals surface area contributed by atoms with Crippen LogP contribution in [0.3, 0.4) is 0 Å². The molecule has 0 bridgehead atoms. The zero-order valence-corrected chi connectivity index (χ0v) is 14.7. The van der Waals surface area contributed by atoms with Gasteiger partial charge >= 0.3 is 6.18 Å². The molecule has 0 saturated heterocycles. The number of imidazole rings is 1. The fourth-order valence-corrected chi connectivity index (χ4v) is 3.21. The Labute approximate surface area is 158 Å². The van der Waals surface area contributed by atoms with Crippen molar-refractivity contribution in [1.29, 1.82) is 0 Å². The Balaban J connectivity index is 1.66. The van der Waals surface area contributed by atoms with Crippen molar-refractivity contribution in [3.05, 3.63) is 77.1 Å². The van der Waals surface area contributed by atoms with Crippen LogP contribution in [0, 0.1) is 0 Å². The van der Waals surface area contributed by atoms with Crippen molar-refractivity contribution < 1.29 is 17.9 Å². The van der Waals surface area contributed by atoms with Crippen molar-refractivity contribution >= 4 is 17.7 Å². The Hall–Kier alpha value is -2.73. The third-order valence-electron chi connectivity index (χ3n) is 4.29. The third-order valence-corrected chi connectivity index (χ3v) is 4.65. The number of benzene rings is 2. The maximum Gasteiger partial charge on any atom is 0.429 e. The number of nitrogens with zero attached hydrogens (tertiary/aromatic N) is 2. The third kappa shape index (κ3) is 3.57. The summed E-state index contributed by atoms with van der Waals surface area (Å²) in [5.41, 5.74) is 2.12. The number of ether oxygens (including phenoxy) is 1. The van der Waals surface area contributed by atoms with Gasteiger partial charge in [-0.15, -0.1) is 0 Å². The average molecular weight is 391 g/mol. The molecule has 0 N–H and O–H groups in total. The summed E-state index contributed by atoms with van der Waals surface area (Å²) in [5, 5.41) is 0.458. The largest absolute Gasteiger partial charge is 0.476 e. The molecule has 7 heteroatoms. The Morgan fingerprint density at radius 3 is 2.67 bits per heavy atom. The van der Waals surface area contributed by atoms with E-state index in [9.17, 15) is 13.2 Å². The van der Waals surface area contributed by atoms with Crippen molar-refractivity contribution in [3.63, 3.8) is 0 Å². The zero-order valence-electron chi connectivity index (χ0n) is 13.9. The van der Waals surface area contributed by atoms with Crippen LogP contribution in [0.25, 0.3) is 17.5 Å². The second kappa shape index (κ2) is 6.78. The highest BCUT2D eigenvalue weighted by Gasteiger charge is 2.41. The molecule has 0 radical (unpaired) electrons. The molecule has 1 aliphatic heterocycles. The molecule has 2 aromatic carbocycles. The van der Waals surface area contributed by atoms with Crippen molar-refractivity contribution in [1.82, 2.24) is 9.55 Å². The summed E-state index contributed by atoms with van der Waals surface area (Å²) in [5.74, 6) is 0.916. The lowest BCUT2D eigenvalue weighted by Gasteiger charge is -2.24. The molecule has 1 aliphatic rings. The Kier molecular flexibility index (Phi) is 4.44. The predicted molar refractivity (Wildman–Crippen MR) is 97.7 cm³/mol. The van der Waals surface area contributed by atoms with Gasteiger partial charge in [0, 0.05) is 28.5 Å². The van der Waals surface area contributed by atoms with E-state index in [1.165, 1.54) is 6.08 Å². The molecule has 0 fully saturated rings. The maximum absolute atomic E-state index is 12.9. The van der Waals surface area contributed by atoms with E-state index in [1.54, 1.807) is 24.5 Å². The summed E-state index contributed by atoms with van der Waals surface area (Å²) in [6, 6.07) is 12.8. The highest BCUT2D eigenvalue weighted by molar-refractivity contribution is 6.31. The quantitative estimate of drug-likeness (QED) is 0.583. The van der Waals surface area contributed by atoms with Gasteiger partial charge in [-0.3, -0.25) is 0 Å². The lowest BCUT2D eigenvalue weighted by molar-refractivity contribution is -0.180. The van der Waals surface area contributed by atoms with Crippen molar-refractivity contribution in [2.24, 2.45) is 0 Å². The first-order chi connectivity index (χ1) is 12.9. The molecule has 0 aliphatic carbocycles. The van der Waals surface area contributed by atoms with Crippen molar-refractivity contribution in [2.75, 3.05) is 0 Å². The molecule has 2 heterocycles. The highest BCUT2D eigenvalue weighted by Crippen LogP contribution is 2.36. The van der Waals surface area contributed by atoms with E-state index in [4.69, 9.17) is 16.3 Å². The minimum absolute atomic E-state index is 0.167. The number of fused-ring (bicyclic) bond motifs is 1. The maximum atomic E-state index is 12.9. The molecule has 3 aromatic rings. The fourth-order valence-electron chi connectivity index (χ4n) is 2.98. The molecule has 0 saturated carbocycles. The summed E-state index contributed by atoms with van der Waals surface area (Å²) in [6.07, 6.45) is -0.558. The molecule has 3 nitrogen and oxygen atoms in total. The second-order valence-corrected chi connectivity index (χ2v) is 6.57. The normalized spacial score (nSPS) is 16.1. The van der Waals surface area contributed by atoms with Gasteiger partial charge in [-0.05, 0) is 23.8 Å². The van der Waals surface area contributed by atoms with Crippen LogP contribution in [0.1, 0.15) is 11.1 Å². The highest BCUT2D eigenvalue weighted by atomic mass is 35.5. The standard InChI is InChI=1S/C20H14ClF3N2O/c21-16-10-14-6-7-18(20(22,23)24)27-17(14)11-15(16)12-26-9-8-25-19(26)13-4-2-1-3-5-13/h1-11,18H,12H2. The van der Waals surface area contributed by atoms with Gasteiger partial charge in [-0.25, -0.2) is 4.98 Å². The number of hydrogen-bond donors (Lipinski definition) is 0. The van der Waals surface area contributed by atoms with Crippen LogP contribution in [-0.4, -0.2) is 21.8 Å². The van der Waals surface area contributed by atoms with E-state index in [2.05, 4.69) is 4.98 Å². The van der Waals surface area contributed by atoms with Gasteiger partial charge in [0.25, 0.3) is 0 Å². The van der Waals surface area contributed by atoms with Crippen LogP contribution in [0.5, 0.6) is 5.75 Å². The predicted octanol–water partition coefficient (Wildman–Crippen LogP) is 5.59. The lowest BCUT2D eigenvalue weighted by Crippen LogP contribution is -2.33. The molecule has 0 amide bonds. The Morgan fingerprint density at radius 1 is 1.15 bits per heavy atom. The van der Waals surface area contributed by atoms with E-state index in [-0.39, 0.29) is 5.75 Å². The van der Waals surface area contributed by atoms with E-state index < -0.39 is 12.3 Å². The van der Waals surface area contributed by atoms with Gasteiger partial charge in [-0.1, -0.05) is 48.0 Å². The van der Waals surface area contributed by atoms with Crippen LogP contribution in [0.2, 0.25) is 5.02 Å². The van der Waals surface area contributed by atoms with Gasteiger partial charge < -0.3 is 9.30 Å². The first kappa shape index (κ1) is 17.7. The monoisotopic (exact) mass is 390 g/mol. The minimum atomic E-state index is -4.46.